The van der Waals surface area contributed by atoms with Gasteiger partial charge in [-0.05, 0) is 36.1 Å². The highest BCUT2D eigenvalue weighted by atomic mass is 16.7. The number of rotatable bonds is 5. The van der Waals surface area contributed by atoms with E-state index in [9.17, 15) is 0 Å². The fourth-order valence-corrected chi connectivity index (χ4v) is 3.20. The molecule has 0 bridgehead atoms. The number of aliphatic imine (C=N–C) groups is 1. The van der Waals surface area contributed by atoms with E-state index in [-0.39, 0.29) is 5.41 Å². The summed E-state index contributed by atoms with van der Waals surface area (Å²) in [4.78, 5) is 4.34. The number of benzene rings is 2. The highest BCUT2D eigenvalue weighted by Crippen LogP contribution is 2.49. The number of fused-ring (bicyclic) bond motifs is 1. The quantitative estimate of drug-likeness (QED) is 0.651. The molecule has 2 aromatic carbocycles. The van der Waals surface area contributed by atoms with Crippen molar-refractivity contribution in [2.45, 2.75) is 24.8 Å². The molecule has 2 aromatic rings. The molecule has 0 aromatic heterocycles. The van der Waals surface area contributed by atoms with Crippen LogP contribution in [0.25, 0.3) is 0 Å². The zero-order valence-electron chi connectivity index (χ0n) is 14.4. The van der Waals surface area contributed by atoms with Gasteiger partial charge in [-0.1, -0.05) is 36.4 Å². The van der Waals surface area contributed by atoms with E-state index in [1.54, 1.807) is 7.05 Å². The number of hydrogen-bond acceptors (Lipinski definition) is 3. The molecule has 4 rings (SSSR count). The third-order valence-corrected chi connectivity index (χ3v) is 4.96. The van der Waals surface area contributed by atoms with Crippen LogP contribution in [0.2, 0.25) is 0 Å². The summed E-state index contributed by atoms with van der Waals surface area (Å²) >= 11 is 0. The smallest absolute Gasteiger partial charge is 0.231 e. The lowest BCUT2D eigenvalue weighted by Crippen LogP contribution is -2.40. The Morgan fingerprint density at radius 2 is 1.84 bits per heavy atom. The lowest BCUT2D eigenvalue weighted by molar-refractivity contribution is 0.174. The number of nitrogens with one attached hydrogen (secondary N) is 2. The van der Waals surface area contributed by atoms with Crippen LogP contribution in [0.5, 0.6) is 11.5 Å². The molecule has 0 spiro atoms. The van der Waals surface area contributed by atoms with Gasteiger partial charge in [-0.2, -0.15) is 0 Å². The van der Waals surface area contributed by atoms with Crippen LogP contribution in [0.15, 0.2) is 53.5 Å². The van der Waals surface area contributed by atoms with E-state index in [2.05, 4.69) is 39.9 Å². The molecule has 2 N–H and O–H groups in total. The topological polar surface area (TPSA) is 54.9 Å². The Balaban J connectivity index is 1.36. The van der Waals surface area contributed by atoms with Crippen molar-refractivity contribution in [1.82, 2.24) is 10.6 Å². The minimum Gasteiger partial charge on any atom is -0.454 e. The zero-order chi connectivity index (χ0) is 17.1. The summed E-state index contributed by atoms with van der Waals surface area (Å²) in [5, 5.41) is 6.85. The molecular weight excluding hydrogens is 314 g/mol. The van der Waals surface area contributed by atoms with Crippen molar-refractivity contribution < 1.29 is 9.47 Å². The Kier molecular flexibility index (Phi) is 4.22. The molecule has 1 fully saturated rings. The molecule has 130 valence electrons. The van der Waals surface area contributed by atoms with Gasteiger partial charge < -0.3 is 20.1 Å². The van der Waals surface area contributed by atoms with Crippen LogP contribution in [0.1, 0.15) is 24.0 Å². The Bertz CT molecular complexity index is 770. The maximum atomic E-state index is 5.52. The highest BCUT2D eigenvalue weighted by molar-refractivity contribution is 5.79. The summed E-state index contributed by atoms with van der Waals surface area (Å²) in [7, 11) is 1.81. The molecule has 2 aliphatic rings. The lowest BCUT2D eigenvalue weighted by Gasteiger charge is -2.19. The van der Waals surface area contributed by atoms with Crippen LogP contribution >= 0.6 is 0 Å². The van der Waals surface area contributed by atoms with E-state index in [1.807, 2.05) is 24.3 Å². The van der Waals surface area contributed by atoms with Crippen molar-refractivity contribution in [2.75, 3.05) is 20.4 Å². The molecule has 0 amide bonds. The van der Waals surface area contributed by atoms with Crippen LogP contribution in [-0.2, 0) is 12.0 Å². The molecule has 0 saturated heterocycles. The van der Waals surface area contributed by atoms with E-state index >= 15 is 0 Å². The van der Waals surface area contributed by atoms with Gasteiger partial charge in [-0.15, -0.1) is 0 Å². The van der Waals surface area contributed by atoms with Crippen molar-refractivity contribution in [3.05, 3.63) is 59.7 Å². The minimum absolute atomic E-state index is 0.172. The molecule has 25 heavy (non-hydrogen) atoms. The van der Waals surface area contributed by atoms with Crippen LogP contribution in [0, 0.1) is 0 Å². The normalized spacial score (nSPS) is 17.2. The molecule has 5 heteroatoms. The molecule has 1 aliphatic heterocycles. The molecule has 1 heterocycles. The zero-order valence-corrected chi connectivity index (χ0v) is 14.4. The summed E-state index contributed by atoms with van der Waals surface area (Å²) in [5.41, 5.74) is 2.72. The van der Waals surface area contributed by atoms with Crippen molar-refractivity contribution in [2.24, 2.45) is 4.99 Å². The number of nitrogens with zero attached hydrogens (tertiary/aromatic N) is 1. The summed E-state index contributed by atoms with van der Waals surface area (Å²) in [6.45, 7) is 1.94. The Labute approximate surface area is 148 Å². The third-order valence-electron chi connectivity index (χ3n) is 4.96. The van der Waals surface area contributed by atoms with Crippen molar-refractivity contribution in [1.29, 1.82) is 0 Å². The average molecular weight is 337 g/mol. The molecule has 1 saturated carbocycles. The molecule has 5 nitrogen and oxygen atoms in total. The fraction of sp³-hybridized carbons (Fsp3) is 0.350. The maximum absolute atomic E-state index is 5.52. The van der Waals surface area contributed by atoms with Gasteiger partial charge in [-0.25, -0.2) is 0 Å². The Hall–Kier alpha value is -2.69. The second-order valence-electron chi connectivity index (χ2n) is 6.61. The van der Waals surface area contributed by atoms with E-state index in [4.69, 9.17) is 9.47 Å². The predicted octanol–water partition coefficient (Wildman–Crippen LogP) is 2.81. The van der Waals surface area contributed by atoms with Crippen molar-refractivity contribution in [3.63, 3.8) is 0 Å². The van der Waals surface area contributed by atoms with Crippen LogP contribution < -0.4 is 20.1 Å². The second-order valence-corrected chi connectivity index (χ2v) is 6.61. The molecule has 0 atom stereocenters. The first-order valence-electron chi connectivity index (χ1n) is 8.68. The van der Waals surface area contributed by atoms with Crippen molar-refractivity contribution in [3.8, 4) is 11.5 Å². The maximum Gasteiger partial charge on any atom is 0.231 e. The number of guanidine groups is 1. The number of ether oxygens (including phenoxy) is 2. The third kappa shape index (κ3) is 3.40. The first-order chi connectivity index (χ1) is 12.3. The van der Waals surface area contributed by atoms with Crippen LogP contribution in [0.3, 0.4) is 0 Å². The van der Waals surface area contributed by atoms with E-state index in [0.29, 0.717) is 6.79 Å². The summed E-state index contributed by atoms with van der Waals surface area (Å²) in [6, 6.07) is 16.6. The highest BCUT2D eigenvalue weighted by Gasteiger charge is 2.44. The Morgan fingerprint density at radius 1 is 1.04 bits per heavy atom. The molecule has 0 unspecified atom stereocenters. The minimum atomic E-state index is 0.172. The van der Waals surface area contributed by atoms with Gasteiger partial charge in [0.1, 0.15) is 0 Å². The van der Waals surface area contributed by atoms with Gasteiger partial charge in [0.05, 0.1) is 0 Å². The van der Waals surface area contributed by atoms with Gasteiger partial charge in [0.15, 0.2) is 17.5 Å². The van der Waals surface area contributed by atoms with E-state index in [0.717, 1.165) is 30.5 Å². The predicted molar refractivity (Wildman–Crippen MR) is 98.1 cm³/mol. The number of hydrogen-bond donors (Lipinski definition) is 2. The van der Waals surface area contributed by atoms with Gasteiger partial charge in [0.2, 0.25) is 6.79 Å². The van der Waals surface area contributed by atoms with Gasteiger partial charge >= 0.3 is 0 Å². The SMILES string of the molecule is CN=C(NCc1ccccc1)NCC1(c2ccc3c(c2)OCO3)CC1. The first kappa shape index (κ1) is 15.8. The van der Waals surface area contributed by atoms with Crippen LogP contribution in [0.4, 0.5) is 0 Å². The van der Waals surface area contributed by atoms with Gasteiger partial charge in [-0.3, -0.25) is 4.99 Å². The molecule has 1 aliphatic carbocycles. The fourth-order valence-electron chi connectivity index (χ4n) is 3.20. The van der Waals surface area contributed by atoms with Gasteiger partial charge in [0.25, 0.3) is 0 Å². The summed E-state index contributed by atoms with van der Waals surface area (Å²) in [5.74, 6) is 2.53. The molecule has 0 radical (unpaired) electrons. The van der Waals surface area contributed by atoms with Crippen LogP contribution in [-0.4, -0.2) is 26.3 Å². The largest absolute Gasteiger partial charge is 0.454 e. The monoisotopic (exact) mass is 337 g/mol. The summed E-state index contributed by atoms with van der Waals surface area (Å²) < 4.78 is 10.9. The molecular formula is C20H23N3O2. The van der Waals surface area contributed by atoms with Gasteiger partial charge in [0, 0.05) is 25.6 Å². The Morgan fingerprint density at radius 3 is 2.60 bits per heavy atom. The van der Waals surface area contributed by atoms with E-state index < -0.39 is 0 Å². The average Bonchev–Trinajstić information content (AvgIpc) is 3.31. The van der Waals surface area contributed by atoms with E-state index in [1.165, 1.54) is 24.0 Å². The van der Waals surface area contributed by atoms with Crippen molar-refractivity contribution >= 4 is 5.96 Å². The second kappa shape index (κ2) is 6.67. The first-order valence-corrected chi connectivity index (χ1v) is 8.68. The lowest BCUT2D eigenvalue weighted by atomic mass is 9.95. The summed E-state index contributed by atoms with van der Waals surface area (Å²) in [6.07, 6.45) is 2.35. The standard InChI is InChI=1S/C20H23N3O2/c1-21-19(22-12-15-5-3-2-4-6-15)23-13-20(9-10-20)16-7-8-17-18(11-16)25-14-24-17/h2-8,11H,9-10,12-14H2,1H3,(H2,21,22,23).